The maximum atomic E-state index is 12.4. The van der Waals surface area contributed by atoms with Crippen LogP contribution < -0.4 is 5.32 Å². The lowest BCUT2D eigenvalue weighted by atomic mass is 10.1. The van der Waals surface area contributed by atoms with Gasteiger partial charge in [-0.1, -0.05) is 29.8 Å². The highest BCUT2D eigenvalue weighted by molar-refractivity contribution is 7.91. The van der Waals surface area contributed by atoms with E-state index in [2.05, 4.69) is 15.0 Å². The molecular formula is C21H20N2O5S2. The van der Waals surface area contributed by atoms with E-state index in [1.165, 1.54) is 18.4 Å². The third-order valence-electron chi connectivity index (χ3n) is 4.33. The molecule has 0 aliphatic carbocycles. The van der Waals surface area contributed by atoms with E-state index in [0.717, 1.165) is 11.1 Å². The summed E-state index contributed by atoms with van der Waals surface area (Å²) in [6.45, 7) is 1.87. The number of thiazole rings is 1. The molecule has 9 heteroatoms. The first-order chi connectivity index (χ1) is 14.3. The van der Waals surface area contributed by atoms with E-state index in [4.69, 9.17) is 0 Å². The number of methoxy groups -OCH3 is 1. The van der Waals surface area contributed by atoms with Gasteiger partial charge in [0.05, 0.1) is 29.0 Å². The van der Waals surface area contributed by atoms with Crippen LogP contribution in [0.1, 0.15) is 22.3 Å². The van der Waals surface area contributed by atoms with Gasteiger partial charge in [-0.15, -0.1) is 11.3 Å². The normalized spacial score (nSPS) is 11.1. The van der Waals surface area contributed by atoms with Crippen LogP contribution in [0.4, 0.5) is 5.13 Å². The summed E-state index contributed by atoms with van der Waals surface area (Å²) in [5.74, 6) is -1.13. The summed E-state index contributed by atoms with van der Waals surface area (Å²) in [5.41, 5.74) is 2.81. The van der Waals surface area contributed by atoms with E-state index in [1.807, 2.05) is 6.92 Å². The Kier molecular flexibility index (Phi) is 6.63. The van der Waals surface area contributed by atoms with Gasteiger partial charge in [0.2, 0.25) is 5.91 Å². The largest absolute Gasteiger partial charge is 0.465 e. The molecule has 30 heavy (non-hydrogen) atoms. The van der Waals surface area contributed by atoms with Gasteiger partial charge >= 0.3 is 5.97 Å². The van der Waals surface area contributed by atoms with E-state index in [0.29, 0.717) is 16.4 Å². The average Bonchev–Trinajstić information content (AvgIpc) is 3.20. The van der Waals surface area contributed by atoms with Crippen LogP contribution in [0.15, 0.2) is 58.8 Å². The third-order valence-corrected chi connectivity index (χ3v) is 6.82. The zero-order chi connectivity index (χ0) is 21.7. The number of rotatable bonds is 7. The number of benzene rings is 2. The number of ether oxygens (including phenoxy) is 1. The van der Waals surface area contributed by atoms with E-state index < -0.39 is 21.7 Å². The molecule has 7 nitrogen and oxygen atoms in total. The van der Waals surface area contributed by atoms with Gasteiger partial charge in [-0.25, -0.2) is 18.2 Å². The van der Waals surface area contributed by atoms with Gasteiger partial charge in [-0.3, -0.25) is 4.79 Å². The second-order valence-electron chi connectivity index (χ2n) is 6.54. The van der Waals surface area contributed by atoms with Crippen molar-refractivity contribution in [3.05, 3.63) is 65.0 Å². The molecule has 0 spiro atoms. The van der Waals surface area contributed by atoms with E-state index in [1.54, 1.807) is 53.9 Å². The number of hydrogen-bond acceptors (Lipinski definition) is 7. The van der Waals surface area contributed by atoms with Gasteiger partial charge in [0.1, 0.15) is 0 Å². The summed E-state index contributed by atoms with van der Waals surface area (Å²) >= 11 is 1.23. The van der Waals surface area contributed by atoms with Gasteiger partial charge in [0.15, 0.2) is 15.0 Å². The van der Waals surface area contributed by atoms with Gasteiger partial charge in [0.25, 0.3) is 0 Å². The molecule has 1 heterocycles. The van der Waals surface area contributed by atoms with E-state index in [9.17, 15) is 18.0 Å². The van der Waals surface area contributed by atoms with Crippen LogP contribution in [0, 0.1) is 6.92 Å². The minimum absolute atomic E-state index is 0.168. The van der Waals surface area contributed by atoms with Crippen molar-refractivity contribution in [2.24, 2.45) is 0 Å². The maximum absolute atomic E-state index is 12.4. The zero-order valence-electron chi connectivity index (χ0n) is 16.4. The average molecular weight is 445 g/mol. The number of esters is 1. The van der Waals surface area contributed by atoms with Crippen LogP contribution in [-0.4, -0.2) is 38.1 Å². The van der Waals surface area contributed by atoms with Crippen LogP contribution in [0.25, 0.3) is 11.3 Å². The second kappa shape index (κ2) is 9.19. The fourth-order valence-electron chi connectivity index (χ4n) is 2.63. The highest BCUT2D eigenvalue weighted by Gasteiger charge is 2.17. The summed E-state index contributed by atoms with van der Waals surface area (Å²) in [7, 11) is -2.21. The second-order valence-corrected chi connectivity index (χ2v) is 9.50. The Labute approximate surface area is 178 Å². The molecule has 0 saturated carbocycles. The Morgan fingerprint density at radius 1 is 1.07 bits per heavy atom. The molecule has 0 radical (unpaired) electrons. The van der Waals surface area contributed by atoms with Gasteiger partial charge in [-0.2, -0.15) is 0 Å². The monoisotopic (exact) mass is 444 g/mol. The first-order valence-electron chi connectivity index (χ1n) is 9.02. The summed E-state index contributed by atoms with van der Waals surface area (Å²) in [6.07, 6.45) is -0.168. The number of carbonyl (C=O) groups is 2. The molecule has 1 amide bonds. The lowest BCUT2D eigenvalue weighted by molar-refractivity contribution is -0.115. The molecule has 2 aromatic carbocycles. The number of carbonyl (C=O) groups excluding carboxylic acids is 2. The van der Waals surface area contributed by atoms with Crippen molar-refractivity contribution in [3.63, 3.8) is 0 Å². The topological polar surface area (TPSA) is 102 Å². The predicted molar refractivity (Wildman–Crippen MR) is 115 cm³/mol. The van der Waals surface area contributed by atoms with Crippen molar-refractivity contribution in [1.82, 2.24) is 4.98 Å². The minimum atomic E-state index is -3.53. The third kappa shape index (κ3) is 5.31. The minimum Gasteiger partial charge on any atom is -0.465 e. The van der Waals surface area contributed by atoms with E-state index >= 15 is 0 Å². The molecule has 0 atom stereocenters. The summed E-state index contributed by atoms with van der Waals surface area (Å²) in [6, 6.07) is 13.3. The Balaban J connectivity index is 1.59. The Morgan fingerprint density at radius 3 is 2.37 bits per heavy atom. The molecule has 1 N–H and O–H groups in total. The Hall–Kier alpha value is -3.04. The highest BCUT2D eigenvalue weighted by atomic mass is 32.2. The summed E-state index contributed by atoms with van der Waals surface area (Å²) in [5, 5.41) is 4.78. The highest BCUT2D eigenvalue weighted by Crippen LogP contribution is 2.25. The smallest absolute Gasteiger partial charge is 0.337 e. The van der Waals surface area contributed by atoms with E-state index in [-0.39, 0.29) is 17.1 Å². The molecule has 0 unspecified atom stereocenters. The number of anilines is 1. The van der Waals surface area contributed by atoms with Gasteiger partial charge < -0.3 is 10.1 Å². The predicted octanol–water partition coefficient (Wildman–Crippen LogP) is 3.71. The maximum Gasteiger partial charge on any atom is 0.337 e. The molecule has 156 valence electrons. The molecule has 0 fully saturated rings. The summed E-state index contributed by atoms with van der Waals surface area (Å²) < 4.78 is 29.4. The van der Waals surface area contributed by atoms with Crippen molar-refractivity contribution in [3.8, 4) is 11.3 Å². The van der Waals surface area contributed by atoms with Crippen LogP contribution in [-0.2, 0) is 19.4 Å². The quantitative estimate of drug-likeness (QED) is 0.558. The van der Waals surface area contributed by atoms with Crippen molar-refractivity contribution in [2.45, 2.75) is 18.2 Å². The number of aryl methyl sites for hydroxylation is 1. The fraction of sp³-hybridized carbons (Fsp3) is 0.190. The fourth-order valence-corrected chi connectivity index (χ4v) is 4.61. The SMILES string of the molecule is COC(=O)c1ccc(-c2csc(NC(=O)CCS(=O)(=O)c3ccc(C)cc3)n2)cc1. The van der Waals surface area contributed by atoms with Crippen molar-refractivity contribution >= 4 is 38.2 Å². The molecular weight excluding hydrogens is 424 g/mol. The van der Waals surface area contributed by atoms with Crippen molar-refractivity contribution in [2.75, 3.05) is 18.2 Å². The number of aromatic nitrogens is 1. The molecule has 3 rings (SSSR count). The Bertz CT molecular complexity index is 1150. The van der Waals surface area contributed by atoms with Gasteiger partial charge in [0, 0.05) is 17.4 Å². The van der Waals surface area contributed by atoms with Crippen LogP contribution in [0.5, 0.6) is 0 Å². The van der Waals surface area contributed by atoms with Crippen LogP contribution in [0.3, 0.4) is 0 Å². The molecule has 3 aromatic rings. The lowest BCUT2D eigenvalue weighted by Crippen LogP contribution is -2.17. The van der Waals surface area contributed by atoms with Crippen LogP contribution in [0.2, 0.25) is 0 Å². The first kappa shape index (κ1) is 21.7. The standard InChI is InChI=1S/C21H20N2O5S2/c1-14-3-9-17(10-4-14)30(26,27)12-11-19(24)23-21-22-18(13-29-21)15-5-7-16(8-6-15)20(25)28-2/h3-10,13H,11-12H2,1-2H3,(H,22,23,24). The molecule has 0 aliphatic heterocycles. The first-order valence-corrected chi connectivity index (χ1v) is 11.6. The number of nitrogens with zero attached hydrogens (tertiary/aromatic N) is 1. The zero-order valence-corrected chi connectivity index (χ0v) is 18.0. The summed E-state index contributed by atoms with van der Waals surface area (Å²) in [4.78, 5) is 28.2. The number of hydrogen-bond donors (Lipinski definition) is 1. The van der Waals surface area contributed by atoms with Crippen LogP contribution >= 0.6 is 11.3 Å². The molecule has 1 aromatic heterocycles. The number of amides is 1. The Morgan fingerprint density at radius 2 is 1.73 bits per heavy atom. The molecule has 0 saturated heterocycles. The molecule has 0 bridgehead atoms. The number of sulfone groups is 1. The lowest BCUT2D eigenvalue weighted by Gasteiger charge is -2.05. The number of nitrogens with one attached hydrogen (secondary N) is 1. The van der Waals surface area contributed by atoms with Crippen molar-refractivity contribution < 1.29 is 22.7 Å². The molecule has 0 aliphatic rings. The van der Waals surface area contributed by atoms with Gasteiger partial charge in [-0.05, 0) is 31.2 Å². The van der Waals surface area contributed by atoms with Crippen molar-refractivity contribution in [1.29, 1.82) is 0 Å².